The lowest BCUT2D eigenvalue weighted by Gasteiger charge is -2.35. The molecule has 1 aromatic heterocycles. The number of carbonyl (C=O) groups is 1. The highest BCUT2D eigenvalue weighted by atomic mass is 16.6. The molecule has 1 aromatic rings. The first-order chi connectivity index (χ1) is 9.97. The van der Waals surface area contributed by atoms with E-state index in [1.165, 1.54) is 25.0 Å². The number of nitrogens with one attached hydrogen (secondary N) is 1. The summed E-state index contributed by atoms with van der Waals surface area (Å²) in [7, 11) is 0. The van der Waals surface area contributed by atoms with Crippen molar-refractivity contribution in [3.8, 4) is 0 Å². The lowest BCUT2D eigenvalue weighted by molar-refractivity contribution is -0.402. The molecule has 1 fully saturated rings. The molecular formula is C14H21N3O4. The molecule has 1 amide bonds. The van der Waals surface area contributed by atoms with Crippen LogP contribution >= 0.6 is 0 Å². The van der Waals surface area contributed by atoms with Gasteiger partial charge in [-0.25, -0.2) is 0 Å². The van der Waals surface area contributed by atoms with Crippen molar-refractivity contribution in [2.24, 2.45) is 5.92 Å². The van der Waals surface area contributed by atoms with Crippen molar-refractivity contribution in [1.29, 1.82) is 0 Å². The summed E-state index contributed by atoms with van der Waals surface area (Å²) >= 11 is 0. The van der Waals surface area contributed by atoms with Crippen LogP contribution in [0, 0.1) is 16.0 Å². The summed E-state index contributed by atoms with van der Waals surface area (Å²) in [6.45, 7) is 6.90. The van der Waals surface area contributed by atoms with Crippen LogP contribution in [0.25, 0.3) is 0 Å². The molecule has 1 saturated heterocycles. The quantitative estimate of drug-likeness (QED) is 0.663. The minimum absolute atomic E-state index is 0.0269. The van der Waals surface area contributed by atoms with Gasteiger partial charge in [-0.3, -0.25) is 19.8 Å². The lowest BCUT2D eigenvalue weighted by Crippen LogP contribution is -2.46. The van der Waals surface area contributed by atoms with Crippen LogP contribution in [0.2, 0.25) is 0 Å². The highest BCUT2D eigenvalue weighted by molar-refractivity contribution is 5.91. The second-order valence-electron chi connectivity index (χ2n) is 5.70. The average molecular weight is 295 g/mol. The molecule has 1 aliphatic rings. The van der Waals surface area contributed by atoms with Gasteiger partial charge in [-0.05, 0) is 38.3 Å². The molecule has 7 heteroatoms. The van der Waals surface area contributed by atoms with Crippen molar-refractivity contribution in [2.75, 3.05) is 19.6 Å². The van der Waals surface area contributed by atoms with Crippen LogP contribution in [-0.4, -0.2) is 41.4 Å². The first-order valence-electron chi connectivity index (χ1n) is 7.24. The average Bonchev–Trinajstić information content (AvgIpc) is 2.94. The van der Waals surface area contributed by atoms with Gasteiger partial charge in [-0.1, -0.05) is 6.92 Å². The summed E-state index contributed by atoms with van der Waals surface area (Å²) in [5.41, 5.74) is 0. The largest absolute Gasteiger partial charge is 0.433 e. The van der Waals surface area contributed by atoms with Crippen LogP contribution in [0.3, 0.4) is 0 Å². The summed E-state index contributed by atoms with van der Waals surface area (Å²) in [6, 6.07) is 2.74. The summed E-state index contributed by atoms with van der Waals surface area (Å²) in [5.74, 6) is -0.177. The molecule has 0 saturated carbocycles. The summed E-state index contributed by atoms with van der Waals surface area (Å²) in [4.78, 5) is 24.1. The van der Waals surface area contributed by atoms with Gasteiger partial charge >= 0.3 is 5.88 Å². The molecule has 0 bridgehead atoms. The van der Waals surface area contributed by atoms with E-state index in [0.29, 0.717) is 12.5 Å². The van der Waals surface area contributed by atoms with Gasteiger partial charge in [-0.2, -0.15) is 0 Å². The molecule has 0 aromatic carbocycles. The van der Waals surface area contributed by atoms with E-state index in [-0.39, 0.29) is 11.8 Å². The zero-order chi connectivity index (χ0) is 15.4. The third-order valence-corrected chi connectivity index (χ3v) is 3.87. The van der Waals surface area contributed by atoms with Gasteiger partial charge in [0, 0.05) is 19.1 Å². The minimum atomic E-state index is -0.658. The van der Waals surface area contributed by atoms with Crippen LogP contribution in [0.5, 0.6) is 0 Å². The Morgan fingerprint density at radius 1 is 1.62 bits per heavy atom. The Hall–Kier alpha value is -1.89. The highest BCUT2D eigenvalue weighted by Crippen LogP contribution is 2.18. The molecule has 0 spiro atoms. The summed E-state index contributed by atoms with van der Waals surface area (Å²) in [6.07, 6.45) is 2.44. The molecule has 2 atom stereocenters. The smallest absolute Gasteiger partial charge is 0.395 e. The molecule has 21 heavy (non-hydrogen) atoms. The Morgan fingerprint density at radius 2 is 2.38 bits per heavy atom. The summed E-state index contributed by atoms with van der Waals surface area (Å²) < 4.78 is 4.88. The molecule has 0 aliphatic carbocycles. The van der Waals surface area contributed by atoms with E-state index in [1.807, 2.05) is 0 Å². The predicted molar refractivity (Wildman–Crippen MR) is 77.1 cm³/mol. The van der Waals surface area contributed by atoms with Gasteiger partial charge < -0.3 is 9.73 Å². The van der Waals surface area contributed by atoms with Gasteiger partial charge in [0.2, 0.25) is 0 Å². The van der Waals surface area contributed by atoms with Crippen molar-refractivity contribution < 1.29 is 14.1 Å². The van der Waals surface area contributed by atoms with Gasteiger partial charge in [0.25, 0.3) is 5.91 Å². The second kappa shape index (κ2) is 6.71. The zero-order valence-corrected chi connectivity index (χ0v) is 12.4. The van der Waals surface area contributed by atoms with E-state index in [0.717, 1.165) is 13.1 Å². The Labute approximate surface area is 123 Å². The first kappa shape index (κ1) is 15.5. The standard InChI is InChI=1S/C14H21N3O4/c1-10-4-3-7-16(9-10)11(2)8-15-14(18)12-5-6-13(21-12)17(19)20/h5-6,10-11H,3-4,7-9H2,1-2H3,(H,15,18). The number of hydrogen-bond donors (Lipinski definition) is 1. The van der Waals surface area contributed by atoms with E-state index in [1.54, 1.807) is 0 Å². The number of hydrogen-bond acceptors (Lipinski definition) is 5. The maximum Gasteiger partial charge on any atom is 0.433 e. The molecule has 2 unspecified atom stereocenters. The number of carbonyl (C=O) groups excluding carboxylic acids is 1. The van der Waals surface area contributed by atoms with Crippen LogP contribution in [-0.2, 0) is 0 Å². The van der Waals surface area contributed by atoms with E-state index < -0.39 is 16.7 Å². The number of amides is 1. The van der Waals surface area contributed by atoms with Crippen LogP contribution < -0.4 is 5.32 Å². The normalized spacial score (nSPS) is 21.0. The number of rotatable bonds is 5. The third kappa shape index (κ3) is 4.04. The van der Waals surface area contributed by atoms with Crippen molar-refractivity contribution in [2.45, 2.75) is 32.7 Å². The van der Waals surface area contributed by atoms with Crippen molar-refractivity contribution in [3.63, 3.8) is 0 Å². The lowest BCUT2D eigenvalue weighted by atomic mass is 9.99. The van der Waals surface area contributed by atoms with E-state index in [9.17, 15) is 14.9 Å². The number of likely N-dealkylation sites (tertiary alicyclic amines) is 1. The van der Waals surface area contributed by atoms with Gasteiger partial charge in [0.05, 0.1) is 6.07 Å². The van der Waals surface area contributed by atoms with Gasteiger partial charge in [-0.15, -0.1) is 0 Å². The van der Waals surface area contributed by atoms with Crippen molar-refractivity contribution >= 4 is 11.8 Å². The van der Waals surface area contributed by atoms with Crippen LogP contribution in [0.1, 0.15) is 37.2 Å². The van der Waals surface area contributed by atoms with E-state index >= 15 is 0 Å². The fourth-order valence-corrected chi connectivity index (χ4v) is 2.63. The van der Waals surface area contributed by atoms with Gasteiger partial charge in [0.15, 0.2) is 5.76 Å². The maximum absolute atomic E-state index is 11.9. The second-order valence-corrected chi connectivity index (χ2v) is 5.70. The van der Waals surface area contributed by atoms with E-state index in [2.05, 4.69) is 24.1 Å². The molecule has 1 N–H and O–H groups in total. The molecule has 2 heterocycles. The number of nitro groups is 1. The molecular weight excluding hydrogens is 274 g/mol. The Kier molecular flexibility index (Phi) is 4.95. The molecule has 0 radical (unpaired) electrons. The fourth-order valence-electron chi connectivity index (χ4n) is 2.63. The number of piperidine rings is 1. The highest BCUT2D eigenvalue weighted by Gasteiger charge is 2.22. The molecule has 1 aliphatic heterocycles. The SMILES string of the molecule is CC1CCCN(C(C)CNC(=O)c2ccc([N+](=O)[O-])o2)C1. The number of nitrogens with zero attached hydrogens (tertiary/aromatic N) is 2. The van der Waals surface area contributed by atoms with Crippen molar-refractivity contribution in [1.82, 2.24) is 10.2 Å². The Bertz CT molecular complexity index is 514. The number of furan rings is 1. The van der Waals surface area contributed by atoms with Gasteiger partial charge in [0.1, 0.15) is 4.92 Å². The summed E-state index contributed by atoms with van der Waals surface area (Å²) in [5, 5.41) is 13.3. The fraction of sp³-hybridized carbons (Fsp3) is 0.643. The maximum atomic E-state index is 11.9. The molecule has 2 rings (SSSR count). The van der Waals surface area contributed by atoms with Crippen LogP contribution in [0.4, 0.5) is 5.88 Å². The third-order valence-electron chi connectivity index (χ3n) is 3.87. The van der Waals surface area contributed by atoms with Crippen LogP contribution in [0.15, 0.2) is 16.5 Å². The van der Waals surface area contributed by atoms with E-state index in [4.69, 9.17) is 4.42 Å². The zero-order valence-electron chi connectivity index (χ0n) is 12.4. The minimum Gasteiger partial charge on any atom is -0.395 e. The monoisotopic (exact) mass is 295 g/mol. The Balaban J connectivity index is 1.83. The molecule has 116 valence electrons. The first-order valence-corrected chi connectivity index (χ1v) is 7.24. The topological polar surface area (TPSA) is 88.6 Å². The Morgan fingerprint density at radius 3 is 3.00 bits per heavy atom. The van der Waals surface area contributed by atoms with Crippen molar-refractivity contribution in [3.05, 3.63) is 28.0 Å². The molecule has 7 nitrogen and oxygen atoms in total. The predicted octanol–water partition coefficient (Wildman–Crippen LogP) is 2.04.